The number of amides is 1. The first-order valence-corrected chi connectivity index (χ1v) is 6.29. The van der Waals surface area contributed by atoms with E-state index in [-0.39, 0.29) is 34.6 Å². The Kier molecular flexibility index (Phi) is 3.02. The Morgan fingerprint density at radius 2 is 2.28 bits per heavy atom. The van der Waals surface area contributed by atoms with Gasteiger partial charge in [-0.3, -0.25) is 4.79 Å². The Morgan fingerprint density at radius 3 is 2.83 bits per heavy atom. The van der Waals surface area contributed by atoms with Crippen LogP contribution in [0.3, 0.4) is 0 Å². The van der Waals surface area contributed by atoms with Gasteiger partial charge in [0, 0.05) is 25.9 Å². The van der Waals surface area contributed by atoms with Crippen molar-refractivity contribution in [2.45, 2.75) is 27.2 Å². The number of carbonyl (C=O) groups is 2. The summed E-state index contributed by atoms with van der Waals surface area (Å²) in [5.74, 6) is 0.157. The van der Waals surface area contributed by atoms with Crippen molar-refractivity contribution in [3.63, 3.8) is 0 Å². The summed E-state index contributed by atoms with van der Waals surface area (Å²) in [6.45, 7) is 14.0. The summed E-state index contributed by atoms with van der Waals surface area (Å²) in [5.41, 5.74) is 0.00331. The number of piperidine rings is 1. The van der Waals surface area contributed by atoms with Crippen LogP contribution in [-0.4, -0.2) is 29.7 Å². The van der Waals surface area contributed by atoms with Gasteiger partial charge in [0.15, 0.2) is 5.78 Å². The van der Waals surface area contributed by atoms with Crippen molar-refractivity contribution in [2.75, 3.05) is 13.1 Å². The second-order valence-electron chi connectivity index (χ2n) is 5.64. The Hall–Kier alpha value is -1.63. The first-order chi connectivity index (χ1) is 8.39. The molecule has 1 amide bonds. The molecule has 0 bridgehead atoms. The lowest BCUT2D eigenvalue weighted by molar-refractivity contribution is -0.135. The van der Waals surface area contributed by atoms with Crippen LogP contribution >= 0.6 is 0 Å². The van der Waals surface area contributed by atoms with Crippen molar-refractivity contribution in [2.24, 2.45) is 17.3 Å². The van der Waals surface area contributed by atoms with Crippen LogP contribution < -0.4 is 0 Å². The van der Waals surface area contributed by atoms with Crippen molar-refractivity contribution in [3.8, 4) is 0 Å². The largest absolute Gasteiger partial charge is 0.342 e. The van der Waals surface area contributed by atoms with Gasteiger partial charge in [-0.25, -0.2) is 4.85 Å². The summed E-state index contributed by atoms with van der Waals surface area (Å²) in [6, 6.07) is 0. The number of allylic oxidation sites excluding steroid dienone is 1. The van der Waals surface area contributed by atoms with Crippen LogP contribution in [0.5, 0.6) is 0 Å². The van der Waals surface area contributed by atoms with Gasteiger partial charge in [-0.2, -0.15) is 0 Å². The minimum Gasteiger partial charge on any atom is -0.342 e. The molecule has 1 heterocycles. The van der Waals surface area contributed by atoms with Gasteiger partial charge in [-0.05, 0) is 17.8 Å². The fraction of sp³-hybridized carbons (Fsp3) is 0.643. The number of Topliss-reactive ketones (excluding diaryl/α,β-unsaturated/α-hetero) is 1. The van der Waals surface area contributed by atoms with Gasteiger partial charge in [0.1, 0.15) is 0 Å². The van der Waals surface area contributed by atoms with Crippen molar-refractivity contribution in [1.29, 1.82) is 0 Å². The Balaban J connectivity index is 2.39. The van der Waals surface area contributed by atoms with Gasteiger partial charge < -0.3 is 9.69 Å². The molecule has 1 aliphatic heterocycles. The second-order valence-corrected chi connectivity index (χ2v) is 5.64. The Labute approximate surface area is 107 Å². The van der Waals surface area contributed by atoms with Gasteiger partial charge in [-0.15, -0.1) is 0 Å². The molecule has 0 spiro atoms. The molecule has 18 heavy (non-hydrogen) atoms. The summed E-state index contributed by atoms with van der Waals surface area (Å²) in [4.78, 5) is 28.7. The lowest BCUT2D eigenvalue weighted by atomic mass is 9.62. The van der Waals surface area contributed by atoms with Crippen LogP contribution in [-0.2, 0) is 9.59 Å². The fourth-order valence-corrected chi connectivity index (χ4v) is 3.36. The van der Waals surface area contributed by atoms with Crippen LogP contribution in [0.15, 0.2) is 11.8 Å². The van der Waals surface area contributed by atoms with Crippen LogP contribution in [0.4, 0.5) is 0 Å². The van der Waals surface area contributed by atoms with Crippen LogP contribution in [0.2, 0.25) is 0 Å². The van der Waals surface area contributed by atoms with E-state index in [1.54, 1.807) is 13.0 Å². The topological polar surface area (TPSA) is 41.7 Å². The molecule has 96 valence electrons. The van der Waals surface area contributed by atoms with E-state index in [1.165, 1.54) is 0 Å². The standard InChI is InChI=1S/C14H18N2O2/c1-9-11-5-6-16(10(2)17)8-14(11,3)7-12(15-4)13(9)18/h7,9,11H,5-6,8H2,1-3H3/t9-,11-,14+/m1/s1. The third kappa shape index (κ3) is 1.84. The number of ketones is 1. The molecule has 0 radical (unpaired) electrons. The van der Waals surface area contributed by atoms with Crippen molar-refractivity contribution in [3.05, 3.63) is 23.2 Å². The maximum absolute atomic E-state index is 12.0. The Morgan fingerprint density at radius 1 is 1.61 bits per heavy atom. The molecule has 0 N–H and O–H groups in total. The molecule has 2 rings (SSSR count). The zero-order valence-corrected chi connectivity index (χ0v) is 11.1. The first-order valence-electron chi connectivity index (χ1n) is 6.29. The van der Waals surface area contributed by atoms with Gasteiger partial charge in [0.2, 0.25) is 11.6 Å². The summed E-state index contributed by atoms with van der Waals surface area (Å²) in [7, 11) is 0. The number of carbonyl (C=O) groups excluding carboxylic acids is 2. The summed E-state index contributed by atoms with van der Waals surface area (Å²) in [5, 5.41) is 0. The highest BCUT2D eigenvalue weighted by atomic mass is 16.2. The van der Waals surface area contributed by atoms with E-state index in [1.807, 2.05) is 11.8 Å². The maximum Gasteiger partial charge on any atom is 0.226 e. The fourth-order valence-electron chi connectivity index (χ4n) is 3.36. The lowest BCUT2D eigenvalue weighted by Crippen LogP contribution is -2.52. The van der Waals surface area contributed by atoms with Crippen molar-refractivity contribution >= 4 is 11.7 Å². The number of nitrogens with zero attached hydrogens (tertiary/aromatic N) is 2. The zero-order chi connectivity index (χ0) is 13.5. The maximum atomic E-state index is 12.0. The summed E-state index contributed by atoms with van der Waals surface area (Å²) < 4.78 is 0. The molecule has 0 saturated carbocycles. The Bertz CT molecular complexity index is 475. The molecular formula is C14H18N2O2. The normalized spacial score (nSPS) is 35.6. The average Bonchev–Trinajstić information content (AvgIpc) is 2.33. The van der Waals surface area contributed by atoms with E-state index < -0.39 is 0 Å². The monoisotopic (exact) mass is 246 g/mol. The first kappa shape index (κ1) is 12.8. The predicted octanol–water partition coefficient (Wildman–Crippen LogP) is 1.88. The van der Waals surface area contributed by atoms with Gasteiger partial charge in [0.25, 0.3) is 0 Å². The third-order valence-corrected chi connectivity index (χ3v) is 4.39. The van der Waals surface area contributed by atoms with E-state index in [0.717, 1.165) is 6.42 Å². The molecule has 0 aromatic heterocycles. The summed E-state index contributed by atoms with van der Waals surface area (Å²) >= 11 is 0. The molecule has 0 aromatic rings. The highest BCUT2D eigenvalue weighted by molar-refractivity contribution is 5.99. The number of hydrogen-bond acceptors (Lipinski definition) is 2. The van der Waals surface area contributed by atoms with Crippen molar-refractivity contribution < 1.29 is 9.59 Å². The highest BCUT2D eigenvalue weighted by Crippen LogP contribution is 2.46. The number of hydrogen-bond donors (Lipinski definition) is 0. The second kappa shape index (κ2) is 4.24. The van der Waals surface area contributed by atoms with Crippen LogP contribution in [0.25, 0.3) is 4.85 Å². The van der Waals surface area contributed by atoms with Crippen LogP contribution in [0.1, 0.15) is 27.2 Å². The highest BCUT2D eigenvalue weighted by Gasteiger charge is 2.47. The number of rotatable bonds is 0. The van der Waals surface area contributed by atoms with Gasteiger partial charge in [0.05, 0.1) is 6.57 Å². The molecule has 2 aliphatic rings. The molecule has 1 fully saturated rings. The van der Waals surface area contributed by atoms with Crippen LogP contribution in [0, 0.1) is 23.8 Å². The number of fused-ring (bicyclic) bond motifs is 1. The van der Waals surface area contributed by atoms with E-state index in [0.29, 0.717) is 13.1 Å². The minimum atomic E-state index is -0.239. The molecule has 1 aliphatic carbocycles. The lowest BCUT2D eigenvalue weighted by Gasteiger charge is -2.49. The third-order valence-electron chi connectivity index (χ3n) is 4.39. The molecule has 0 unspecified atom stereocenters. The predicted molar refractivity (Wildman–Crippen MR) is 67.3 cm³/mol. The number of likely N-dealkylation sites (tertiary alicyclic amines) is 1. The van der Waals surface area contributed by atoms with Gasteiger partial charge in [-0.1, -0.05) is 19.9 Å². The average molecular weight is 246 g/mol. The molecule has 4 nitrogen and oxygen atoms in total. The smallest absolute Gasteiger partial charge is 0.226 e. The molecule has 3 atom stereocenters. The SMILES string of the molecule is [C-]#[N+]C1=C[C@@]2(C)CN(C(C)=O)CC[C@@H]2[C@@H](C)C1=O. The van der Waals surface area contributed by atoms with E-state index in [2.05, 4.69) is 11.8 Å². The quantitative estimate of drug-likeness (QED) is 0.612. The molecule has 0 aromatic carbocycles. The van der Waals surface area contributed by atoms with E-state index >= 15 is 0 Å². The summed E-state index contributed by atoms with van der Waals surface area (Å²) in [6.07, 6.45) is 2.63. The van der Waals surface area contributed by atoms with E-state index in [9.17, 15) is 9.59 Å². The van der Waals surface area contributed by atoms with Crippen molar-refractivity contribution in [1.82, 2.24) is 4.90 Å². The molecule has 4 heteroatoms. The minimum absolute atomic E-state index is 0.0382. The van der Waals surface area contributed by atoms with E-state index in [4.69, 9.17) is 6.57 Å². The molecule has 1 saturated heterocycles. The molecular weight excluding hydrogens is 228 g/mol. The zero-order valence-electron chi connectivity index (χ0n) is 11.1. The van der Waals surface area contributed by atoms with Gasteiger partial charge >= 0.3 is 0 Å².